The Morgan fingerprint density at radius 3 is 2.52 bits per heavy atom. The summed E-state index contributed by atoms with van der Waals surface area (Å²) in [6.45, 7) is -0.956. The van der Waals surface area contributed by atoms with Crippen LogP contribution in [-0.2, 0) is 11.3 Å². The van der Waals surface area contributed by atoms with E-state index in [-0.39, 0.29) is 13.2 Å². The molecule has 0 unspecified atom stereocenters. The van der Waals surface area contributed by atoms with Crippen LogP contribution in [0.2, 0.25) is 0 Å². The highest BCUT2D eigenvalue weighted by Gasteiger charge is 2.10. The Morgan fingerprint density at radius 2 is 1.80 bits per heavy atom. The van der Waals surface area contributed by atoms with Crippen molar-refractivity contribution >= 4 is 10.9 Å². The molecule has 25 heavy (non-hydrogen) atoms. The topological polar surface area (TPSA) is 64.1 Å². The minimum Gasteiger partial charge on any atom is -0.374 e. The third kappa shape index (κ3) is 3.83. The van der Waals surface area contributed by atoms with Gasteiger partial charge in [-0.05, 0) is 23.3 Å². The van der Waals surface area contributed by atoms with Crippen LogP contribution in [0.3, 0.4) is 0 Å². The van der Waals surface area contributed by atoms with Crippen LogP contribution < -0.4 is 11.2 Å². The SMILES string of the molecule is O=c1[nH]c2ccc(-c3ccccc3)cc2c(=O)n1CCOCC(F)F. The minimum absolute atomic E-state index is 0.0909. The van der Waals surface area contributed by atoms with Crippen LogP contribution >= 0.6 is 0 Å². The Kier molecular flexibility index (Phi) is 5.04. The molecular weight excluding hydrogens is 330 g/mol. The van der Waals surface area contributed by atoms with Gasteiger partial charge in [0.2, 0.25) is 0 Å². The molecule has 0 saturated heterocycles. The molecule has 2 aromatic carbocycles. The van der Waals surface area contributed by atoms with E-state index < -0.39 is 24.3 Å². The number of alkyl halides is 2. The van der Waals surface area contributed by atoms with Crippen molar-refractivity contribution in [1.29, 1.82) is 0 Å². The summed E-state index contributed by atoms with van der Waals surface area (Å²) in [6, 6.07) is 14.7. The molecule has 0 radical (unpaired) electrons. The zero-order valence-electron chi connectivity index (χ0n) is 13.2. The molecule has 0 atom stereocenters. The van der Waals surface area contributed by atoms with Gasteiger partial charge in [-0.3, -0.25) is 9.36 Å². The highest BCUT2D eigenvalue weighted by atomic mass is 19.3. The smallest absolute Gasteiger partial charge is 0.328 e. The summed E-state index contributed by atoms with van der Waals surface area (Å²) in [5.41, 5.74) is 1.15. The van der Waals surface area contributed by atoms with Crippen LogP contribution in [0.25, 0.3) is 22.0 Å². The van der Waals surface area contributed by atoms with E-state index in [1.807, 2.05) is 36.4 Å². The van der Waals surface area contributed by atoms with E-state index in [1.165, 1.54) is 0 Å². The van der Waals surface area contributed by atoms with Crippen LogP contribution in [0.15, 0.2) is 58.1 Å². The quantitative estimate of drug-likeness (QED) is 0.698. The number of aromatic amines is 1. The van der Waals surface area contributed by atoms with E-state index in [0.717, 1.165) is 15.7 Å². The maximum Gasteiger partial charge on any atom is 0.328 e. The minimum atomic E-state index is -2.58. The van der Waals surface area contributed by atoms with Gasteiger partial charge in [0.1, 0.15) is 6.61 Å². The Hall–Kier alpha value is -2.80. The molecule has 0 spiro atoms. The Balaban J connectivity index is 1.96. The van der Waals surface area contributed by atoms with Gasteiger partial charge in [-0.2, -0.15) is 0 Å². The van der Waals surface area contributed by atoms with E-state index in [4.69, 9.17) is 4.74 Å². The number of ether oxygens (including phenoxy) is 1. The standard InChI is InChI=1S/C18H16F2N2O3/c19-16(20)11-25-9-8-22-17(23)14-10-13(12-4-2-1-3-5-12)6-7-15(14)21-18(22)24/h1-7,10,16H,8-9,11H2,(H,21,24). The molecular formula is C18H16F2N2O3. The predicted octanol–water partition coefficient (Wildman–Crippen LogP) is 2.64. The molecule has 0 fully saturated rings. The number of nitrogens with zero attached hydrogens (tertiary/aromatic N) is 1. The summed E-state index contributed by atoms with van der Waals surface area (Å²) < 4.78 is 29.9. The number of H-pyrrole nitrogens is 1. The van der Waals surface area contributed by atoms with Gasteiger partial charge in [0.25, 0.3) is 12.0 Å². The highest BCUT2D eigenvalue weighted by molar-refractivity contribution is 5.83. The zero-order chi connectivity index (χ0) is 17.8. The molecule has 0 bridgehead atoms. The van der Waals surface area contributed by atoms with Crippen molar-refractivity contribution in [1.82, 2.24) is 9.55 Å². The van der Waals surface area contributed by atoms with Crippen molar-refractivity contribution < 1.29 is 13.5 Å². The van der Waals surface area contributed by atoms with Gasteiger partial charge in [0.05, 0.1) is 24.1 Å². The molecule has 1 heterocycles. The summed E-state index contributed by atoms with van der Waals surface area (Å²) in [6.07, 6.45) is -2.58. The Morgan fingerprint density at radius 1 is 1.04 bits per heavy atom. The van der Waals surface area contributed by atoms with Crippen molar-refractivity contribution in [2.75, 3.05) is 13.2 Å². The van der Waals surface area contributed by atoms with Crippen molar-refractivity contribution in [2.45, 2.75) is 13.0 Å². The Bertz CT molecular complexity index is 981. The van der Waals surface area contributed by atoms with Gasteiger partial charge >= 0.3 is 5.69 Å². The van der Waals surface area contributed by atoms with Crippen LogP contribution in [0, 0.1) is 0 Å². The molecule has 5 nitrogen and oxygen atoms in total. The molecule has 0 aliphatic rings. The second-order valence-electron chi connectivity index (χ2n) is 5.48. The molecule has 0 aliphatic heterocycles. The van der Waals surface area contributed by atoms with Crippen molar-refractivity contribution in [3.63, 3.8) is 0 Å². The molecule has 3 aromatic rings. The fourth-order valence-electron chi connectivity index (χ4n) is 2.59. The van der Waals surface area contributed by atoms with Crippen molar-refractivity contribution in [2.24, 2.45) is 0 Å². The average Bonchev–Trinajstić information content (AvgIpc) is 2.61. The second kappa shape index (κ2) is 7.40. The van der Waals surface area contributed by atoms with Gasteiger partial charge in [0, 0.05) is 0 Å². The monoisotopic (exact) mass is 346 g/mol. The normalized spacial score (nSPS) is 11.3. The van der Waals surface area contributed by atoms with E-state index in [9.17, 15) is 18.4 Å². The van der Waals surface area contributed by atoms with Crippen LogP contribution in [-0.4, -0.2) is 29.2 Å². The predicted molar refractivity (Wildman–Crippen MR) is 91.1 cm³/mol. The lowest BCUT2D eigenvalue weighted by molar-refractivity contribution is 0.0143. The van der Waals surface area contributed by atoms with Gasteiger partial charge in [0.15, 0.2) is 0 Å². The number of fused-ring (bicyclic) bond motifs is 1. The fourth-order valence-corrected chi connectivity index (χ4v) is 2.59. The summed E-state index contributed by atoms with van der Waals surface area (Å²) in [5, 5.41) is 0.356. The average molecular weight is 346 g/mol. The lowest BCUT2D eigenvalue weighted by Gasteiger charge is -2.08. The summed E-state index contributed by atoms with van der Waals surface area (Å²) in [4.78, 5) is 27.3. The van der Waals surface area contributed by atoms with Gasteiger partial charge in [-0.25, -0.2) is 13.6 Å². The van der Waals surface area contributed by atoms with E-state index >= 15 is 0 Å². The lowest BCUT2D eigenvalue weighted by atomic mass is 10.0. The number of nitrogens with one attached hydrogen (secondary N) is 1. The molecule has 7 heteroatoms. The molecule has 0 saturated carbocycles. The molecule has 1 aromatic heterocycles. The molecule has 130 valence electrons. The first-order valence-electron chi connectivity index (χ1n) is 7.74. The van der Waals surface area contributed by atoms with Gasteiger partial charge < -0.3 is 9.72 Å². The number of halogens is 2. The number of hydrogen-bond acceptors (Lipinski definition) is 3. The van der Waals surface area contributed by atoms with E-state index in [0.29, 0.717) is 10.9 Å². The van der Waals surface area contributed by atoms with Crippen molar-refractivity contribution in [3.8, 4) is 11.1 Å². The number of benzene rings is 2. The lowest BCUT2D eigenvalue weighted by Crippen LogP contribution is -2.36. The van der Waals surface area contributed by atoms with Crippen LogP contribution in [0.1, 0.15) is 0 Å². The van der Waals surface area contributed by atoms with Gasteiger partial charge in [-0.15, -0.1) is 0 Å². The van der Waals surface area contributed by atoms with Crippen molar-refractivity contribution in [3.05, 3.63) is 69.4 Å². The number of aromatic nitrogens is 2. The fraction of sp³-hybridized carbons (Fsp3) is 0.222. The maximum atomic E-state index is 12.6. The first-order valence-corrected chi connectivity index (χ1v) is 7.74. The summed E-state index contributed by atoms with van der Waals surface area (Å²) in [7, 11) is 0. The largest absolute Gasteiger partial charge is 0.374 e. The third-order valence-corrected chi connectivity index (χ3v) is 3.79. The second-order valence-corrected chi connectivity index (χ2v) is 5.48. The van der Waals surface area contributed by atoms with Gasteiger partial charge in [-0.1, -0.05) is 36.4 Å². The molecule has 3 rings (SSSR count). The summed E-state index contributed by atoms with van der Waals surface area (Å²) in [5.74, 6) is 0. The maximum absolute atomic E-state index is 12.6. The molecule has 1 N–H and O–H groups in total. The molecule has 0 aliphatic carbocycles. The number of hydrogen-bond donors (Lipinski definition) is 1. The first-order chi connectivity index (χ1) is 12.1. The Labute approximate surface area is 141 Å². The zero-order valence-corrected chi connectivity index (χ0v) is 13.2. The number of rotatable bonds is 6. The third-order valence-electron chi connectivity index (χ3n) is 3.79. The highest BCUT2D eigenvalue weighted by Crippen LogP contribution is 2.21. The van der Waals surface area contributed by atoms with E-state index in [1.54, 1.807) is 12.1 Å². The van der Waals surface area contributed by atoms with Crippen LogP contribution in [0.4, 0.5) is 8.78 Å². The van der Waals surface area contributed by atoms with E-state index in [2.05, 4.69) is 4.98 Å². The molecule has 0 amide bonds. The first kappa shape index (κ1) is 17.0. The van der Waals surface area contributed by atoms with Crippen LogP contribution in [0.5, 0.6) is 0 Å². The summed E-state index contributed by atoms with van der Waals surface area (Å²) >= 11 is 0.